The zero-order chi connectivity index (χ0) is 15.0. The van der Waals surface area contributed by atoms with E-state index in [9.17, 15) is 8.42 Å². The number of hydrogen-bond donors (Lipinski definition) is 0. The van der Waals surface area contributed by atoms with Crippen LogP contribution in [-0.4, -0.2) is 33.5 Å². The molecule has 21 heavy (non-hydrogen) atoms. The molecule has 1 aromatic carbocycles. The van der Waals surface area contributed by atoms with Gasteiger partial charge < -0.3 is 4.90 Å². The van der Waals surface area contributed by atoms with E-state index in [4.69, 9.17) is 11.6 Å². The van der Waals surface area contributed by atoms with Crippen molar-refractivity contribution in [2.75, 3.05) is 29.3 Å². The van der Waals surface area contributed by atoms with Crippen LogP contribution in [0.3, 0.4) is 0 Å². The van der Waals surface area contributed by atoms with Crippen LogP contribution in [0.15, 0.2) is 47.5 Å². The highest BCUT2D eigenvalue weighted by molar-refractivity contribution is 7.92. The molecule has 0 unspecified atom stereocenters. The van der Waals surface area contributed by atoms with Crippen molar-refractivity contribution in [1.82, 2.24) is 4.98 Å². The summed E-state index contributed by atoms with van der Waals surface area (Å²) in [5, 5.41) is 0.271. The van der Waals surface area contributed by atoms with Crippen LogP contribution >= 0.6 is 11.6 Å². The lowest BCUT2D eigenvalue weighted by molar-refractivity contribution is 0.589. The summed E-state index contributed by atoms with van der Waals surface area (Å²) in [6.45, 7) is 1.04. The van der Waals surface area contributed by atoms with E-state index in [1.807, 2.05) is 36.2 Å². The fourth-order valence-corrected chi connectivity index (χ4v) is 3.90. The Labute approximate surface area is 128 Å². The average molecular weight is 324 g/mol. The van der Waals surface area contributed by atoms with Gasteiger partial charge in [0.25, 0.3) is 10.0 Å². The third-order valence-corrected chi connectivity index (χ3v) is 5.51. The average Bonchev–Trinajstić information content (AvgIpc) is 2.48. The first kappa shape index (κ1) is 14.2. The van der Waals surface area contributed by atoms with Crippen LogP contribution in [-0.2, 0) is 10.0 Å². The minimum absolute atomic E-state index is 0.145. The van der Waals surface area contributed by atoms with Crippen LogP contribution < -0.4 is 9.21 Å². The zero-order valence-electron chi connectivity index (χ0n) is 11.4. The predicted molar refractivity (Wildman–Crippen MR) is 83.5 cm³/mol. The second-order valence-electron chi connectivity index (χ2n) is 4.80. The van der Waals surface area contributed by atoms with Crippen molar-refractivity contribution in [1.29, 1.82) is 0 Å². The molecule has 2 aromatic rings. The standard InChI is InChI=1S/C14H14ClN3O2S/c1-17-8-9-18(13-5-3-2-4-12(13)17)21(19,20)11-6-7-14(15)16-10-11/h2-7,10H,8-9H2,1H3. The molecule has 1 aliphatic rings. The number of anilines is 2. The summed E-state index contributed by atoms with van der Waals surface area (Å²) in [6, 6.07) is 10.4. The summed E-state index contributed by atoms with van der Waals surface area (Å²) in [5.74, 6) is 0. The molecule has 0 aliphatic carbocycles. The van der Waals surface area contributed by atoms with Gasteiger partial charge in [0.05, 0.1) is 17.9 Å². The number of pyridine rings is 1. The van der Waals surface area contributed by atoms with Gasteiger partial charge in [-0.05, 0) is 24.3 Å². The van der Waals surface area contributed by atoms with E-state index >= 15 is 0 Å². The third kappa shape index (κ3) is 2.45. The van der Waals surface area contributed by atoms with Crippen molar-refractivity contribution < 1.29 is 8.42 Å². The van der Waals surface area contributed by atoms with E-state index in [2.05, 4.69) is 4.98 Å². The Bertz CT molecular complexity index is 762. The molecule has 0 amide bonds. The summed E-state index contributed by atoms with van der Waals surface area (Å²) in [5.41, 5.74) is 1.58. The van der Waals surface area contributed by atoms with Crippen LogP contribution in [0.1, 0.15) is 0 Å². The molecule has 0 bridgehead atoms. The number of sulfonamides is 1. The van der Waals surface area contributed by atoms with Gasteiger partial charge in [0.15, 0.2) is 0 Å². The lowest BCUT2D eigenvalue weighted by Gasteiger charge is -2.36. The lowest BCUT2D eigenvalue weighted by Crippen LogP contribution is -2.42. The molecule has 1 aromatic heterocycles. The summed E-state index contributed by atoms with van der Waals surface area (Å²) < 4.78 is 27.0. The van der Waals surface area contributed by atoms with E-state index in [0.717, 1.165) is 5.69 Å². The Morgan fingerprint density at radius 3 is 2.48 bits per heavy atom. The fourth-order valence-electron chi connectivity index (χ4n) is 2.37. The number of aromatic nitrogens is 1. The number of halogens is 1. The van der Waals surface area contributed by atoms with E-state index in [1.165, 1.54) is 22.6 Å². The van der Waals surface area contributed by atoms with Gasteiger partial charge in [0, 0.05) is 19.8 Å². The first-order valence-electron chi connectivity index (χ1n) is 6.44. The lowest BCUT2D eigenvalue weighted by atomic mass is 10.2. The molecule has 0 atom stereocenters. The topological polar surface area (TPSA) is 53.5 Å². The van der Waals surface area contributed by atoms with E-state index < -0.39 is 10.0 Å². The van der Waals surface area contributed by atoms with Gasteiger partial charge in [-0.3, -0.25) is 4.31 Å². The molecule has 110 valence electrons. The molecule has 1 aliphatic heterocycles. The molecular weight excluding hydrogens is 310 g/mol. The van der Waals surface area contributed by atoms with Crippen molar-refractivity contribution in [2.24, 2.45) is 0 Å². The van der Waals surface area contributed by atoms with Crippen molar-refractivity contribution in [3.63, 3.8) is 0 Å². The second kappa shape index (κ2) is 5.20. The minimum atomic E-state index is -3.63. The first-order chi connectivity index (χ1) is 10.00. The van der Waals surface area contributed by atoms with Gasteiger partial charge in [-0.1, -0.05) is 23.7 Å². The molecule has 0 saturated heterocycles. The van der Waals surface area contributed by atoms with Crippen LogP contribution in [0, 0.1) is 0 Å². The van der Waals surface area contributed by atoms with E-state index in [0.29, 0.717) is 18.8 Å². The molecule has 0 saturated carbocycles. The molecule has 0 radical (unpaired) electrons. The predicted octanol–water partition coefficient (Wildman–Crippen LogP) is 2.38. The van der Waals surface area contributed by atoms with E-state index in [-0.39, 0.29) is 10.0 Å². The van der Waals surface area contributed by atoms with Gasteiger partial charge in [0.1, 0.15) is 10.0 Å². The number of benzene rings is 1. The maximum absolute atomic E-state index is 12.8. The highest BCUT2D eigenvalue weighted by Crippen LogP contribution is 2.35. The maximum Gasteiger partial charge on any atom is 0.265 e. The Kier molecular flexibility index (Phi) is 3.51. The van der Waals surface area contributed by atoms with Gasteiger partial charge in [0.2, 0.25) is 0 Å². The van der Waals surface area contributed by atoms with Crippen molar-refractivity contribution >= 4 is 33.0 Å². The Morgan fingerprint density at radius 2 is 1.81 bits per heavy atom. The molecular formula is C14H14ClN3O2S. The second-order valence-corrected chi connectivity index (χ2v) is 7.05. The summed E-state index contributed by atoms with van der Waals surface area (Å²) >= 11 is 5.72. The zero-order valence-corrected chi connectivity index (χ0v) is 13.0. The molecule has 5 nitrogen and oxygen atoms in total. The fraction of sp³-hybridized carbons (Fsp3) is 0.214. The van der Waals surface area contributed by atoms with Gasteiger partial charge >= 0.3 is 0 Å². The summed E-state index contributed by atoms with van der Waals surface area (Å²) in [6.07, 6.45) is 1.29. The normalized spacial score (nSPS) is 15.0. The largest absolute Gasteiger partial charge is 0.371 e. The number of likely N-dealkylation sites (N-methyl/N-ethyl adjacent to an activating group) is 1. The number of rotatable bonds is 2. The van der Waals surface area contributed by atoms with Crippen molar-refractivity contribution in [2.45, 2.75) is 4.90 Å². The number of fused-ring (bicyclic) bond motifs is 1. The molecule has 0 N–H and O–H groups in total. The SMILES string of the molecule is CN1CCN(S(=O)(=O)c2ccc(Cl)nc2)c2ccccc21. The van der Waals surface area contributed by atoms with Crippen LogP contribution in [0.5, 0.6) is 0 Å². The highest BCUT2D eigenvalue weighted by atomic mass is 35.5. The van der Waals surface area contributed by atoms with Gasteiger partial charge in [-0.15, -0.1) is 0 Å². The molecule has 7 heteroatoms. The van der Waals surface area contributed by atoms with Crippen LogP contribution in [0.25, 0.3) is 0 Å². The quantitative estimate of drug-likeness (QED) is 0.796. The smallest absolute Gasteiger partial charge is 0.265 e. The summed E-state index contributed by atoms with van der Waals surface area (Å²) in [7, 11) is -1.68. The molecule has 0 fully saturated rings. The Hall–Kier alpha value is -1.79. The van der Waals surface area contributed by atoms with Crippen molar-refractivity contribution in [3.8, 4) is 0 Å². The Morgan fingerprint density at radius 1 is 1.10 bits per heavy atom. The highest BCUT2D eigenvalue weighted by Gasteiger charge is 2.30. The van der Waals surface area contributed by atoms with Gasteiger partial charge in [-0.25, -0.2) is 13.4 Å². The van der Waals surface area contributed by atoms with E-state index in [1.54, 1.807) is 0 Å². The number of para-hydroxylation sites is 2. The third-order valence-electron chi connectivity index (χ3n) is 3.49. The van der Waals surface area contributed by atoms with Crippen molar-refractivity contribution in [3.05, 3.63) is 47.7 Å². The summed E-state index contributed by atoms with van der Waals surface area (Å²) in [4.78, 5) is 6.05. The number of hydrogen-bond acceptors (Lipinski definition) is 4. The van der Waals surface area contributed by atoms with Gasteiger partial charge in [-0.2, -0.15) is 0 Å². The maximum atomic E-state index is 12.8. The Balaban J connectivity index is 2.08. The minimum Gasteiger partial charge on any atom is -0.371 e. The number of nitrogens with zero attached hydrogens (tertiary/aromatic N) is 3. The monoisotopic (exact) mass is 323 g/mol. The molecule has 0 spiro atoms. The van der Waals surface area contributed by atoms with Crippen LogP contribution in [0.2, 0.25) is 5.15 Å². The molecule has 2 heterocycles. The first-order valence-corrected chi connectivity index (χ1v) is 8.26. The molecule has 3 rings (SSSR count). The van der Waals surface area contributed by atoms with Crippen LogP contribution in [0.4, 0.5) is 11.4 Å².